The number of esters is 1. The molecular weight excluding hydrogens is 326 g/mol. The van der Waals surface area contributed by atoms with E-state index in [1.165, 1.54) is 12.0 Å². The van der Waals surface area contributed by atoms with Crippen molar-refractivity contribution in [2.24, 2.45) is 0 Å². The van der Waals surface area contributed by atoms with Crippen LogP contribution < -0.4 is 10.6 Å². The van der Waals surface area contributed by atoms with E-state index in [0.29, 0.717) is 5.69 Å². The lowest BCUT2D eigenvalue weighted by molar-refractivity contribution is -0.136. The number of methoxy groups -OCH3 is 1. The fourth-order valence-electron chi connectivity index (χ4n) is 2.53. The number of ether oxygens (including phenoxy) is 1. The first-order valence-corrected chi connectivity index (χ1v) is 7.78. The normalized spacial score (nSPS) is 13.9. The topological polar surface area (TPSA) is 108 Å². The molecule has 0 saturated carbocycles. The lowest BCUT2D eigenvalue weighted by atomic mass is 10.1. The van der Waals surface area contributed by atoms with E-state index in [2.05, 4.69) is 10.6 Å². The maximum Gasteiger partial charge on any atom is 0.337 e. The minimum absolute atomic E-state index is 0.0757. The Kier molecular flexibility index (Phi) is 6.13. The second kappa shape index (κ2) is 8.29. The van der Waals surface area contributed by atoms with Crippen molar-refractivity contribution in [2.45, 2.75) is 6.42 Å². The smallest absolute Gasteiger partial charge is 0.337 e. The van der Waals surface area contributed by atoms with Crippen LogP contribution in [0.2, 0.25) is 0 Å². The molecule has 0 atom stereocenters. The van der Waals surface area contributed by atoms with Gasteiger partial charge in [0.15, 0.2) is 0 Å². The first kappa shape index (κ1) is 18.5. The van der Waals surface area contributed by atoms with Crippen molar-refractivity contribution in [1.82, 2.24) is 10.2 Å². The van der Waals surface area contributed by atoms with E-state index in [4.69, 9.17) is 9.84 Å². The number of aliphatic hydroxyl groups is 1. The molecule has 0 radical (unpaired) electrons. The van der Waals surface area contributed by atoms with E-state index in [1.807, 2.05) is 0 Å². The zero-order valence-electron chi connectivity index (χ0n) is 14.2. The molecule has 1 heterocycles. The van der Waals surface area contributed by atoms with Gasteiger partial charge in [0.1, 0.15) is 5.70 Å². The van der Waals surface area contributed by atoms with Crippen LogP contribution in [0.4, 0.5) is 5.69 Å². The van der Waals surface area contributed by atoms with Gasteiger partial charge in [-0.1, -0.05) is 12.1 Å². The summed E-state index contributed by atoms with van der Waals surface area (Å²) in [4.78, 5) is 37.3. The highest BCUT2D eigenvalue weighted by Gasteiger charge is 2.34. The number of anilines is 1. The summed E-state index contributed by atoms with van der Waals surface area (Å²) in [5, 5.41) is 14.6. The number of benzene rings is 1. The van der Waals surface area contributed by atoms with Crippen LogP contribution in [0.3, 0.4) is 0 Å². The van der Waals surface area contributed by atoms with Crippen molar-refractivity contribution in [3.63, 3.8) is 0 Å². The molecule has 1 aliphatic rings. The number of rotatable bonds is 7. The quantitative estimate of drug-likeness (QED) is 0.582. The Bertz CT molecular complexity index is 714. The van der Waals surface area contributed by atoms with Gasteiger partial charge in [0.25, 0.3) is 5.91 Å². The predicted octanol–water partition coefficient (Wildman–Crippen LogP) is -0.351. The van der Waals surface area contributed by atoms with E-state index in [-0.39, 0.29) is 49.2 Å². The Morgan fingerprint density at radius 2 is 2.12 bits per heavy atom. The van der Waals surface area contributed by atoms with E-state index >= 15 is 0 Å². The average molecular weight is 347 g/mol. The van der Waals surface area contributed by atoms with Gasteiger partial charge in [-0.15, -0.1) is 0 Å². The molecule has 2 rings (SSSR count). The van der Waals surface area contributed by atoms with Crippen molar-refractivity contribution in [2.75, 3.05) is 39.2 Å². The number of β-amino-alcohol motifs (C(OH)–C–C–N with tert-alkyl or cyclic N) is 1. The van der Waals surface area contributed by atoms with Crippen LogP contribution in [0.25, 0.3) is 0 Å². The second-order valence-electron chi connectivity index (χ2n) is 5.47. The fourth-order valence-corrected chi connectivity index (χ4v) is 2.53. The molecule has 0 aliphatic carbocycles. The van der Waals surface area contributed by atoms with Crippen LogP contribution in [-0.4, -0.2) is 61.6 Å². The molecule has 2 amide bonds. The molecular formula is C17H21N3O5. The Labute approximate surface area is 145 Å². The van der Waals surface area contributed by atoms with E-state index in [1.54, 1.807) is 31.3 Å². The molecule has 8 nitrogen and oxygen atoms in total. The van der Waals surface area contributed by atoms with Crippen molar-refractivity contribution in [3.05, 3.63) is 41.1 Å². The third kappa shape index (κ3) is 4.36. The summed E-state index contributed by atoms with van der Waals surface area (Å²) in [6.45, 7) is 0.00262. The molecule has 0 bridgehead atoms. The van der Waals surface area contributed by atoms with Crippen LogP contribution in [0.5, 0.6) is 0 Å². The molecule has 3 N–H and O–H groups in total. The summed E-state index contributed by atoms with van der Waals surface area (Å²) in [6, 6.07) is 7.02. The van der Waals surface area contributed by atoms with E-state index in [9.17, 15) is 14.4 Å². The number of aliphatic hydroxyl groups excluding tert-OH is 1. The first-order valence-electron chi connectivity index (χ1n) is 7.78. The predicted molar refractivity (Wildman–Crippen MR) is 90.5 cm³/mol. The zero-order chi connectivity index (χ0) is 18.4. The van der Waals surface area contributed by atoms with Gasteiger partial charge in [0.2, 0.25) is 5.91 Å². The van der Waals surface area contributed by atoms with Gasteiger partial charge in [-0.3, -0.25) is 9.59 Å². The van der Waals surface area contributed by atoms with Gasteiger partial charge in [-0.2, -0.15) is 0 Å². The summed E-state index contributed by atoms with van der Waals surface area (Å²) >= 11 is 0. The number of nitrogens with one attached hydrogen (secondary N) is 2. The first-order chi connectivity index (χ1) is 12.0. The summed E-state index contributed by atoms with van der Waals surface area (Å²) < 4.78 is 4.74. The molecule has 1 aliphatic heterocycles. The van der Waals surface area contributed by atoms with Crippen molar-refractivity contribution < 1.29 is 24.2 Å². The number of amides is 2. The highest BCUT2D eigenvalue weighted by molar-refractivity contribution is 6.08. The van der Waals surface area contributed by atoms with Crippen LogP contribution in [-0.2, 0) is 25.5 Å². The number of hydrogen-bond acceptors (Lipinski definition) is 6. The molecule has 8 heteroatoms. The molecule has 0 saturated heterocycles. The SMILES string of the molecule is CNC(=O)Cc1cccc(NC2=C(C(=O)OC)CN(CCO)C2=O)c1. The Hall–Kier alpha value is -2.87. The van der Waals surface area contributed by atoms with Crippen molar-refractivity contribution in [1.29, 1.82) is 0 Å². The maximum atomic E-state index is 12.5. The standard InChI is InChI=1S/C17H21N3O5/c1-18-14(22)9-11-4-3-5-12(8-11)19-15-13(17(24)25-2)10-20(6-7-21)16(15)23/h3-5,8,19,21H,6-7,9-10H2,1-2H3,(H,18,22). The van der Waals surface area contributed by atoms with Crippen molar-refractivity contribution in [3.8, 4) is 0 Å². The van der Waals surface area contributed by atoms with Crippen LogP contribution >= 0.6 is 0 Å². The van der Waals surface area contributed by atoms with Gasteiger partial charge in [-0.05, 0) is 17.7 Å². The van der Waals surface area contributed by atoms with Gasteiger partial charge in [0.05, 0.1) is 32.3 Å². The summed E-state index contributed by atoms with van der Waals surface area (Å²) in [5.41, 5.74) is 1.68. The summed E-state index contributed by atoms with van der Waals surface area (Å²) in [6.07, 6.45) is 0.208. The molecule has 0 fully saturated rings. The highest BCUT2D eigenvalue weighted by atomic mass is 16.5. The molecule has 25 heavy (non-hydrogen) atoms. The van der Waals surface area contributed by atoms with E-state index in [0.717, 1.165) is 5.56 Å². The number of hydrogen-bond donors (Lipinski definition) is 3. The number of carbonyl (C=O) groups is 3. The Balaban J connectivity index is 2.26. The summed E-state index contributed by atoms with van der Waals surface area (Å²) in [5.74, 6) is -1.11. The lowest BCUT2D eigenvalue weighted by Crippen LogP contribution is -2.31. The second-order valence-corrected chi connectivity index (χ2v) is 5.47. The average Bonchev–Trinajstić information content (AvgIpc) is 2.91. The largest absolute Gasteiger partial charge is 0.466 e. The molecule has 1 aromatic rings. The van der Waals surface area contributed by atoms with Gasteiger partial charge >= 0.3 is 5.97 Å². The highest BCUT2D eigenvalue weighted by Crippen LogP contribution is 2.23. The lowest BCUT2D eigenvalue weighted by Gasteiger charge is -2.15. The van der Waals surface area contributed by atoms with Crippen LogP contribution in [0.1, 0.15) is 5.56 Å². The minimum atomic E-state index is -0.599. The van der Waals surface area contributed by atoms with Gasteiger partial charge < -0.3 is 25.4 Å². The third-order valence-corrected chi connectivity index (χ3v) is 3.79. The van der Waals surface area contributed by atoms with E-state index < -0.39 is 5.97 Å². The molecule has 0 aromatic heterocycles. The van der Waals surface area contributed by atoms with Gasteiger partial charge in [0, 0.05) is 19.3 Å². The molecule has 0 unspecified atom stereocenters. The molecule has 0 spiro atoms. The van der Waals surface area contributed by atoms with Crippen LogP contribution in [0, 0.1) is 0 Å². The third-order valence-electron chi connectivity index (χ3n) is 3.79. The van der Waals surface area contributed by atoms with Gasteiger partial charge in [-0.25, -0.2) is 4.79 Å². The maximum absolute atomic E-state index is 12.5. The molecule has 1 aromatic carbocycles. The monoisotopic (exact) mass is 347 g/mol. The number of nitrogens with zero attached hydrogens (tertiary/aromatic N) is 1. The summed E-state index contributed by atoms with van der Waals surface area (Å²) in [7, 11) is 2.81. The minimum Gasteiger partial charge on any atom is -0.466 e. The zero-order valence-corrected chi connectivity index (χ0v) is 14.2. The Morgan fingerprint density at radius 1 is 1.36 bits per heavy atom. The molecule has 134 valence electrons. The Morgan fingerprint density at radius 3 is 2.76 bits per heavy atom. The number of carbonyl (C=O) groups excluding carboxylic acids is 3. The van der Waals surface area contributed by atoms with Crippen molar-refractivity contribution >= 4 is 23.5 Å². The fraction of sp³-hybridized carbons (Fsp3) is 0.353. The van der Waals surface area contributed by atoms with Crippen LogP contribution in [0.15, 0.2) is 35.5 Å². The number of likely N-dealkylation sites (N-methyl/N-ethyl adjacent to an activating group) is 1.